The Balaban J connectivity index is 2.53. The van der Waals surface area contributed by atoms with Crippen LogP contribution in [-0.2, 0) is 9.53 Å². The van der Waals surface area contributed by atoms with Crippen molar-refractivity contribution >= 4 is 17.7 Å². The molecule has 0 aliphatic carbocycles. The number of carbonyl (C=O) groups excluding carboxylic acids is 1. The number of hydrogen-bond donors (Lipinski definition) is 1. The molecule has 0 aromatic heterocycles. The summed E-state index contributed by atoms with van der Waals surface area (Å²) in [6.07, 6.45) is 0.797. The Kier molecular flexibility index (Phi) is 5.95. The fourth-order valence-corrected chi connectivity index (χ4v) is 2.90. The van der Waals surface area contributed by atoms with E-state index in [0.717, 1.165) is 31.0 Å². The van der Waals surface area contributed by atoms with E-state index >= 15 is 0 Å². The maximum atomic E-state index is 12.3. The van der Waals surface area contributed by atoms with E-state index in [1.54, 1.807) is 0 Å². The van der Waals surface area contributed by atoms with Crippen LogP contribution in [0.3, 0.4) is 0 Å². The molecule has 1 rings (SSSR count). The number of thioether (sulfide) groups is 1. The van der Waals surface area contributed by atoms with Crippen LogP contribution in [0.5, 0.6) is 0 Å². The lowest BCUT2D eigenvalue weighted by atomic mass is 10.1. The lowest BCUT2D eigenvalue weighted by Crippen LogP contribution is -2.52. The second-order valence-corrected chi connectivity index (χ2v) is 6.98. The van der Waals surface area contributed by atoms with Crippen LogP contribution < -0.4 is 5.73 Å². The molecule has 0 spiro atoms. The zero-order valence-electron chi connectivity index (χ0n) is 11.9. The predicted molar refractivity (Wildman–Crippen MR) is 76.8 cm³/mol. The van der Waals surface area contributed by atoms with Gasteiger partial charge in [0, 0.05) is 18.8 Å². The molecule has 1 heterocycles. The van der Waals surface area contributed by atoms with Gasteiger partial charge in [-0.05, 0) is 39.9 Å². The summed E-state index contributed by atoms with van der Waals surface area (Å²) in [6.45, 7) is 9.43. The second-order valence-electron chi connectivity index (χ2n) is 5.75. The van der Waals surface area contributed by atoms with Gasteiger partial charge in [0.15, 0.2) is 0 Å². The van der Waals surface area contributed by atoms with E-state index in [1.165, 1.54) is 0 Å². The van der Waals surface area contributed by atoms with Crippen molar-refractivity contribution in [3.63, 3.8) is 0 Å². The zero-order chi connectivity index (χ0) is 13.8. The van der Waals surface area contributed by atoms with Gasteiger partial charge in [-0.3, -0.25) is 4.79 Å². The van der Waals surface area contributed by atoms with Crippen molar-refractivity contribution < 1.29 is 9.53 Å². The SMILES string of the molecule is C[C@@H](OC(C)(C)C)[C@H](N)C(=O)N1CCCSCC1. The highest BCUT2D eigenvalue weighted by molar-refractivity contribution is 7.99. The monoisotopic (exact) mass is 274 g/mol. The summed E-state index contributed by atoms with van der Waals surface area (Å²) in [7, 11) is 0. The number of nitrogens with zero attached hydrogens (tertiary/aromatic N) is 1. The Morgan fingerprint density at radius 2 is 2.00 bits per heavy atom. The summed E-state index contributed by atoms with van der Waals surface area (Å²) >= 11 is 1.90. The standard InChI is InChI=1S/C13H26N2O2S/c1-10(17-13(2,3)4)11(14)12(16)15-6-5-8-18-9-7-15/h10-11H,5-9,14H2,1-4H3/t10-,11+/m1/s1. The molecule has 106 valence electrons. The molecule has 0 unspecified atom stereocenters. The van der Waals surface area contributed by atoms with Crippen molar-refractivity contribution in [2.75, 3.05) is 24.6 Å². The van der Waals surface area contributed by atoms with Gasteiger partial charge in [0.05, 0.1) is 11.7 Å². The van der Waals surface area contributed by atoms with E-state index in [0.29, 0.717) is 0 Å². The summed E-state index contributed by atoms with van der Waals surface area (Å²) in [5.41, 5.74) is 5.75. The number of ether oxygens (including phenoxy) is 1. The molecule has 0 radical (unpaired) electrons. The average Bonchev–Trinajstić information content (AvgIpc) is 2.53. The Hall–Kier alpha value is -0.260. The minimum atomic E-state index is -0.563. The minimum absolute atomic E-state index is 0.0225. The maximum absolute atomic E-state index is 12.3. The maximum Gasteiger partial charge on any atom is 0.242 e. The smallest absolute Gasteiger partial charge is 0.242 e. The van der Waals surface area contributed by atoms with Crippen molar-refractivity contribution in [1.29, 1.82) is 0 Å². The molecule has 1 amide bonds. The highest BCUT2D eigenvalue weighted by Gasteiger charge is 2.29. The van der Waals surface area contributed by atoms with Gasteiger partial charge < -0.3 is 15.4 Å². The molecule has 0 aromatic rings. The largest absolute Gasteiger partial charge is 0.371 e. The molecule has 1 aliphatic rings. The molecule has 0 bridgehead atoms. The van der Waals surface area contributed by atoms with Gasteiger partial charge in [0.25, 0.3) is 0 Å². The number of nitrogens with two attached hydrogens (primary N) is 1. The molecular weight excluding hydrogens is 248 g/mol. The Morgan fingerprint density at radius 1 is 1.33 bits per heavy atom. The molecular formula is C13H26N2O2S. The molecule has 1 saturated heterocycles. The van der Waals surface area contributed by atoms with Crippen molar-refractivity contribution in [1.82, 2.24) is 4.90 Å². The molecule has 2 atom stereocenters. The van der Waals surface area contributed by atoms with E-state index in [1.807, 2.05) is 44.4 Å². The van der Waals surface area contributed by atoms with E-state index < -0.39 is 6.04 Å². The van der Waals surface area contributed by atoms with E-state index in [4.69, 9.17) is 10.5 Å². The minimum Gasteiger partial charge on any atom is -0.371 e. The molecule has 0 aromatic carbocycles. The lowest BCUT2D eigenvalue weighted by Gasteiger charge is -2.31. The fourth-order valence-electron chi connectivity index (χ4n) is 2.01. The van der Waals surface area contributed by atoms with Crippen molar-refractivity contribution in [3.05, 3.63) is 0 Å². The first kappa shape index (κ1) is 15.8. The van der Waals surface area contributed by atoms with Gasteiger partial charge in [-0.2, -0.15) is 11.8 Å². The first-order valence-corrected chi connectivity index (χ1v) is 7.76. The average molecular weight is 274 g/mol. The molecule has 0 saturated carbocycles. The van der Waals surface area contributed by atoms with Gasteiger partial charge >= 0.3 is 0 Å². The Bertz CT molecular complexity index is 271. The quantitative estimate of drug-likeness (QED) is 0.847. The van der Waals surface area contributed by atoms with E-state index in [-0.39, 0.29) is 17.6 Å². The predicted octanol–water partition coefficient (Wildman–Crippen LogP) is 1.48. The highest BCUT2D eigenvalue weighted by Crippen LogP contribution is 2.15. The molecule has 5 heteroatoms. The van der Waals surface area contributed by atoms with Crippen LogP contribution in [0, 0.1) is 0 Å². The van der Waals surface area contributed by atoms with E-state index in [2.05, 4.69) is 0 Å². The first-order chi connectivity index (χ1) is 8.31. The van der Waals surface area contributed by atoms with Crippen molar-refractivity contribution in [2.24, 2.45) is 5.73 Å². The Labute approximate surface area is 115 Å². The summed E-state index contributed by atoms with van der Waals surface area (Å²) < 4.78 is 5.76. The second kappa shape index (κ2) is 6.78. The van der Waals surface area contributed by atoms with Crippen LogP contribution in [0.4, 0.5) is 0 Å². The van der Waals surface area contributed by atoms with Gasteiger partial charge in [-0.1, -0.05) is 0 Å². The number of carbonyl (C=O) groups is 1. The van der Waals surface area contributed by atoms with Gasteiger partial charge in [-0.15, -0.1) is 0 Å². The molecule has 2 N–H and O–H groups in total. The van der Waals surface area contributed by atoms with Crippen LogP contribution >= 0.6 is 11.8 Å². The summed E-state index contributed by atoms with van der Waals surface area (Å²) in [5, 5.41) is 0. The lowest BCUT2D eigenvalue weighted by molar-refractivity contribution is -0.139. The van der Waals surface area contributed by atoms with Crippen molar-refractivity contribution in [2.45, 2.75) is 51.9 Å². The highest BCUT2D eigenvalue weighted by atomic mass is 32.2. The van der Waals surface area contributed by atoms with Crippen LogP contribution in [0.25, 0.3) is 0 Å². The topological polar surface area (TPSA) is 55.6 Å². The van der Waals surface area contributed by atoms with Crippen LogP contribution in [0.1, 0.15) is 34.1 Å². The molecule has 18 heavy (non-hydrogen) atoms. The van der Waals surface area contributed by atoms with Gasteiger partial charge in [0.1, 0.15) is 6.04 Å². The third-order valence-corrected chi connectivity index (χ3v) is 3.91. The van der Waals surface area contributed by atoms with Crippen LogP contribution in [-0.4, -0.2) is 53.1 Å². The number of hydrogen-bond acceptors (Lipinski definition) is 4. The molecule has 4 nitrogen and oxygen atoms in total. The normalized spacial score (nSPS) is 21.3. The van der Waals surface area contributed by atoms with Crippen LogP contribution in [0.2, 0.25) is 0 Å². The number of rotatable bonds is 3. The zero-order valence-corrected chi connectivity index (χ0v) is 12.8. The Morgan fingerprint density at radius 3 is 2.61 bits per heavy atom. The fraction of sp³-hybridized carbons (Fsp3) is 0.923. The molecule has 1 aliphatic heterocycles. The first-order valence-electron chi connectivity index (χ1n) is 6.61. The third kappa shape index (κ3) is 5.16. The summed E-state index contributed by atoms with van der Waals surface area (Å²) in [5.74, 6) is 2.16. The summed E-state index contributed by atoms with van der Waals surface area (Å²) in [6, 6.07) is -0.563. The van der Waals surface area contributed by atoms with Gasteiger partial charge in [-0.25, -0.2) is 0 Å². The third-order valence-electron chi connectivity index (χ3n) is 2.86. The van der Waals surface area contributed by atoms with E-state index in [9.17, 15) is 4.79 Å². The number of amides is 1. The van der Waals surface area contributed by atoms with Crippen LogP contribution in [0.15, 0.2) is 0 Å². The van der Waals surface area contributed by atoms with Gasteiger partial charge in [0.2, 0.25) is 5.91 Å². The van der Waals surface area contributed by atoms with Crippen molar-refractivity contribution in [3.8, 4) is 0 Å². The molecule has 1 fully saturated rings. The summed E-state index contributed by atoms with van der Waals surface area (Å²) in [4.78, 5) is 14.2.